The minimum absolute atomic E-state index is 0.189. The van der Waals surface area contributed by atoms with E-state index in [9.17, 15) is 13.0 Å². The van der Waals surface area contributed by atoms with E-state index in [1.165, 1.54) is 36.7 Å². The van der Waals surface area contributed by atoms with Gasteiger partial charge in [0, 0.05) is 43.0 Å². The highest BCUT2D eigenvalue weighted by molar-refractivity contribution is 7.84. The average molecular weight is 753 g/mol. The molecule has 7 aromatic rings. The fourth-order valence-corrected chi connectivity index (χ4v) is 5.44. The molecule has 4 heterocycles. The Labute approximate surface area is 311 Å². The molecular weight excluding hydrogens is 719 g/mol. The van der Waals surface area contributed by atoms with Gasteiger partial charge in [-0.15, -0.1) is 10.2 Å². The average Bonchev–Trinajstić information content (AvgIpc) is 3.82. The van der Waals surface area contributed by atoms with Crippen LogP contribution >= 0.6 is 0 Å². The van der Waals surface area contributed by atoms with Gasteiger partial charge >= 0.3 is 6.01 Å². The first kappa shape index (κ1) is 37.6. The standard InChI is InChI=1S/C21H18FN5O2.C16H16FN5O2S/c1-2-28-14-27-20(19(25-26-27)15-8-10-16(22)11-9-15)18-12-13-23-21(24-18)29-17-6-4-3-5-7-17;1-3-24-10-22-15(13-8-9-18-16(19-13)25(2)23)14(20-21-22)11-4-6-12(17)7-5-11/h3-13H,2,14H2,1H3;4-9H,3,10H2,1-2H3. The number of rotatable bonds is 13. The molecule has 0 saturated carbocycles. The van der Waals surface area contributed by atoms with E-state index >= 15 is 0 Å². The molecule has 7 rings (SSSR count). The van der Waals surface area contributed by atoms with E-state index in [1.54, 1.807) is 52.0 Å². The van der Waals surface area contributed by atoms with Crippen molar-refractivity contribution in [2.45, 2.75) is 32.5 Å². The highest BCUT2D eigenvalue weighted by Crippen LogP contribution is 2.31. The number of hydrogen-bond acceptors (Lipinski definition) is 12. The zero-order valence-corrected chi connectivity index (χ0v) is 30.2. The third-order valence-corrected chi connectivity index (χ3v) is 8.21. The fraction of sp³-hybridized carbons (Fsp3) is 0.189. The second-order valence-electron chi connectivity index (χ2n) is 11.1. The molecule has 0 amide bonds. The van der Waals surface area contributed by atoms with Crippen molar-refractivity contribution in [3.05, 3.63) is 115 Å². The molecule has 0 aliphatic heterocycles. The van der Waals surface area contributed by atoms with Crippen LogP contribution in [-0.2, 0) is 33.7 Å². The molecule has 0 radical (unpaired) electrons. The molecule has 3 aromatic carbocycles. The minimum atomic E-state index is -1.32. The SMILES string of the molecule is CCOCn1nnc(-c2ccc(F)cc2)c1-c1ccnc(Oc2ccccc2)n1.CCOCn1nnc(-c2ccc(F)cc2)c1-c1ccnc(S(C)=O)n1. The number of ether oxygens (including phenoxy) is 3. The van der Waals surface area contributed by atoms with Gasteiger partial charge in [-0.25, -0.2) is 33.1 Å². The lowest BCUT2D eigenvalue weighted by molar-refractivity contribution is 0.0789. The highest BCUT2D eigenvalue weighted by Gasteiger charge is 2.21. The lowest BCUT2D eigenvalue weighted by atomic mass is 10.1. The molecule has 0 bridgehead atoms. The van der Waals surface area contributed by atoms with E-state index in [4.69, 9.17) is 14.2 Å². The summed E-state index contributed by atoms with van der Waals surface area (Å²) in [6.45, 7) is 5.21. The molecule has 1 unspecified atom stereocenters. The van der Waals surface area contributed by atoms with Gasteiger partial charge in [0.15, 0.2) is 0 Å². The Morgan fingerprint density at radius 3 is 1.65 bits per heavy atom. The van der Waals surface area contributed by atoms with E-state index in [0.29, 0.717) is 64.3 Å². The van der Waals surface area contributed by atoms with Crippen LogP contribution in [0.4, 0.5) is 8.78 Å². The van der Waals surface area contributed by atoms with Gasteiger partial charge < -0.3 is 14.2 Å². The summed E-state index contributed by atoms with van der Waals surface area (Å²) in [5, 5.41) is 17.0. The molecule has 0 N–H and O–H groups in total. The summed E-state index contributed by atoms with van der Waals surface area (Å²) in [6.07, 6.45) is 4.65. The Morgan fingerprint density at radius 1 is 0.648 bits per heavy atom. The van der Waals surface area contributed by atoms with E-state index in [-0.39, 0.29) is 36.3 Å². The summed E-state index contributed by atoms with van der Waals surface area (Å²) in [7, 11) is -1.32. The first-order chi connectivity index (χ1) is 26.3. The summed E-state index contributed by atoms with van der Waals surface area (Å²) in [5.74, 6) is -0.0281. The number of halogens is 2. The maximum absolute atomic E-state index is 13.4. The summed E-state index contributed by atoms with van der Waals surface area (Å²) in [5.41, 5.74) is 4.81. The molecule has 0 saturated heterocycles. The van der Waals surface area contributed by atoms with Crippen LogP contribution in [0.3, 0.4) is 0 Å². The van der Waals surface area contributed by atoms with Crippen molar-refractivity contribution < 1.29 is 27.2 Å². The predicted molar refractivity (Wildman–Crippen MR) is 195 cm³/mol. The Bertz CT molecular complexity index is 2310. The van der Waals surface area contributed by atoms with E-state index in [1.807, 2.05) is 44.2 Å². The summed E-state index contributed by atoms with van der Waals surface area (Å²) < 4.78 is 58.1. The monoisotopic (exact) mass is 752 g/mol. The molecule has 276 valence electrons. The summed E-state index contributed by atoms with van der Waals surface area (Å²) in [6, 6.07) is 24.9. The van der Waals surface area contributed by atoms with Crippen LogP contribution in [0.15, 0.2) is 109 Å². The van der Waals surface area contributed by atoms with Crippen molar-refractivity contribution in [2.24, 2.45) is 0 Å². The summed E-state index contributed by atoms with van der Waals surface area (Å²) >= 11 is 0. The number of para-hydroxylation sites is 1. The van der Waals surface area contributed by atoms with Gasteiger partial charge in [-0.3, -0.25) is 4.21 Å². The first-order valence-corrected chi connectivity index (χ1v) is 18.2. The van der Waals surface area contributed by atoms with Crippen LogP contribution in [0.2, 0.25) is 0 Å². The Hall–Kier alpha value is -6.17. The van der Waals surface area contributed by atoms with Gasteiger partial charge in [0.2, 0.25) is 5.16 Å². The second kappa shape index (κ2) is 18.0. The van der Waals surface area contributed by atoms with Gasteiger partial charge in [0.05, 0.1) is 22.2 Å². The van der Waals surface area contributed by atoms with E-state index in [0.717, 1.165) is 0 Å². The van der Waals surface area contributed by atoms with Gasteiger partial charge in [0.1, 0.15) is 53.6 Å². The van der Waals surface area contributed by atoms with E-state index < -0.39 is 10.8 Å². The fourth-order valence-electron chi connectivity index (χ4n) is 5.00. The zero-order valence-electron chi connectivity index (χ0n) is 29.4. The largest absolute Gasteiger partial charge is 0.424 e. The number of nitrogens with zero attached hydrogens (tertiary/aromatic N) is 10. The predicted octanol–water partition coefficient (Wildman–Crippen LogP) is 6.60. The Kier molecular flexibility index (Phi) is 12.6. The van der Waals surface area contributed by atoms with Crippen LogP contribution < -0.4 is 4.74 Å². The zero-order chi connectivity index (χ0) is 37.9. The van der Waals surface area contributed by atoms with Gasteiger partial charge in [0.25, 0.3) is 0 Å². The smallest absolute Gasteiger partial charge is 0.322 e. The number of benzene rings is 3. The Balaban J connectivity index is 0.000000186. The van der Waals surface area contributed by atoms with Crippen LogP contribution in [0, 0.1) is 11.6 Å². The number of aromatic nitrogens is 10. The van der Waals surface area contributed by atoms with Crippen LogP contribution in [-0.4, -0.2) is 73.6 Å². The molecule has 0 fully saturated rings. The molecule has 17 heteroatoms. The minimum Gasteiger partial charge on any atom is -0.424 e. The molecule has 54 heavy (non-hydrogen) atoms. The van der Waals surface area contributed by atoms with Crippen molar-refractivity contribution in [1.29, 1.82) is 0 Å². The van der Waals surface area contributed by atoms with Crippen molar-refractivity contribution in [2.75, 3.05) is 19.5 Å². The third-order valence-electron chi connectivity index (χ3n) is 7.50. The topological polar surface area (TPSA) is 158 Å². The lowest BCUT2D eigenvalue weighted by Crippen LogP contribution is -2.08. The Morgan fingerprint density at radius 2 is 1.15 bits per heavy atom. The van der Waals surface area contributed by atoms with Gasteiger partial charge in [-0.05, 0) is 86.6 Å². The molecular formula is C37H34F2N10O4S. The lowest BCUT2D eigenvalue weighted by Gasteiger charge is -2.09. The van der Waals surface area contributed by atoms with Crippen LogP contribution in [0.25, 0.3) is 45.3 Å². The molecule has 4 aromatic heterocycles. The van der Waals surface area contributed by atoms with Crippen LogP contribution in [0.1, 0.15) is 13.8 Å². The maximum Gasteiger partial charge on any atom is 0.322 e. The van der Waals surface area contributed by atoms with Gasteiger partial charge in [-0.1, -0.05) is 28.6 Å². The van der Waals surface area contributed by atoms with Crippen molar-refractivity contribution in [3.63, 3.8) is 0 Å². The quantitative estimate of drug-likeness (QED) is 0.116. The first-order valence-electron chi connectivity index (χ1n) is 16.6. The molecule has 1 atom stereocenters. The molecule has 0 aliphatic carbocycles. The van der Waals surface area contributed by atoms with E-state index in [2.05, 4.69) is 40.6 Å². The van der Waals surface area contributed by atoms with Crippen molar-refractivity contribution in [3.8, 4) is 57.1 Å². The van der Waals surface area contributed by atoms with Crippen molar-refractivity contribution in [1.82, 2.24) is 49.9 Å². The van der Waals surface area contributed by atoms with Gasteiger partial charge in [-0.2, -0.15) is 4.98 Å². The summed E-state index contributed by atoms with van der Waals surface area (Å²) in [4.78, 5) is 17.1. The molecule has 0 aliphatic rings. The third kappa shape index (κ3) is 9.24. The highest BCUT2D eigenvalue weighted by atomic mass is 32.2. The van der Waals surface area contributed by atoms with Crippen LogP contribution in [0.5, 0.6) is 11.8 Å². The number of hydrogen-bond donors (Lipinski definition) is 0. The molecule has 14 nitrogen and oxygen atoms in total. The normalized spacial score (nSPS) is 11.5. The maximum atomic E-state index is 13.4. The second-order valence-corrected chi connectivity index (χ2v) is 12.4. The molecule has 0 spiro atoms. The van der Waals surface area contributed by atoms with Crippen molar-refractivity contribution >= 4 is 10.8 Å².